The highest BCUT2D eigenvalue weighted by Gasteiger charge is 2.75. The zero-order valence-corrected chi connectivity index (χ0v) is 11.5. The molecule has 0 aromatic carbocycles. The van der Waals surface area contributed by atoms with Crippen molar-refractivity contribution in [3.8, 4) is 0 Å². The number of nitrogens with zero attached hydrogens (tertiary/aromatic N) is 1. The minimum absolute atomic E-state index is 0.742. The van der Waals surface area contributed by atoms with Crippen LogP contribution in [0, 0.1) is 0 Å². The molecule has 0 aliphatic heterocycles. The van der Waals surface area contributed by atoms with E-state index < -0.39 is 45.4 Å². The number of hydrogen-bond acceptors (Lipinski definition) is 6. The molecule has 130 valence electrons. The smallest absolute Gasteiger partial charge is 0.438 e. The Balaban J connectivity index is 3.42. The Morgan fingerprint density at radius 2 is 1.52 bits per heavy atom. The van der Waals surface area contributed by atoms with E-state index in [2.05, 4.69) is 9.72 Å². The average molecular weight is 366 g/mol. The van der Waals surface area contributed by atoms with Crippen molar-refractivity contribution in [3.63, 3.8) is 0 Å². The van der Waals surface area contributed by atoms with Gasteiger partial charge in [0, 0.05) is 12.4 Å². The van der Waals surface area contributed by atoms with E-state index in [-0.39, 0.29) is 0 Å². The van der Waals surface area contributed by atoms with Crippen LogP contribution in [-0.2, 0) is 14.9 Å². The lowest BCUT2D eigenvalue weighted by atomic mass is 10.1. The number of halogens is 6. The first kappa shape index (κ1) is 19.2. The van der Waals surface area contributed by atoms with Gasteiger partial charge in [-0.15, -0.1) is 0 Å². The minimum atomic E-state index is -6.40. The molecule has 0 unspecified atom stereocenters. The van der Waals surface area contributed by atoms with Crippen LogP contribution in [0.1, 0.15) is 10.4 Å². The van der Waals surface area contributed by atoms with Crippen LogP contribution in [0.25, 0.3) is 0 Å². The Kier molecular flexibility index (Phi) is 4.96. The number of esters is 1. The molecule has 0 aliphatic carbocycles. The first-order valence-electron chi connectivity index (χ1n) is 5.40. The lowest BCUT2D eigenvalue weighted by Crippen LogP contribution is -2.63. The third-order valence-corrected chi connectivity index (χ3v) is 3.24. The highest BCUT2D eigenvalue weighted by atomic mass is 32.2. The molecule has 0 saturated carbocycles. The fourth-order valence-electron chi connectivity index (χ4n) is 1.42. The van der Waals surface area contributed by atoms with E-state index in [9.17, 15) is 44.1 Å². The third-order valence-electron chi connectivity index (χ3n) is 2.48. The molecule has 1 aromatic heterocycles. The van der Waals surface area contributed by atoms with Gasteiger partial charge in [-0.05, 0) is 12.1 Å². The van der Waals surface area contributed by atoms with Crippen molar-refractivity contribution in [1.29, 1.82) is 0 Å². The Morgan fingerprint density at radius 3 is 1.87 bits per heavy atom. The predicted octanol–water partition coefficient (Wildman–Crippen LogP) is 1.65. The number of pyridine rings is 1. The van der Waals surface area contributed by atoms with E-state index in [0.717, 1.165) is 24.5 Å². The molecule has 0 atom stereocenters. The van der Waals surface area contributed by atoms with E-state index in [1.807, 2.05) is 0 Å². The molecule has 23 heavy (non-hydrogen) atoms. The van der Waals surface area contributed by atoms with Gasteiger partial charge in [0.25, 0.3) is 0 Å². The molecule has 0 aliphatic rings. The SMILES string of the molecule is O=C(OC(CS(=O)(=O)[O-])(C(F)(F)F)C(F)(F)F)c1ccncc1. The van der Waals surface area contributed by atoms with Crippen LogP contribution in [0.2, 0.25) is 0 Å². The second-order valence-corrected chi connectivity index (χ2v) is 5.55. The molecule has 0 N–H and O–H groups in total. The molecule has 0 amide bonds. The first-order valence-corrected chi connectivity index (χ1v) is 6.98. The Morgan fingerprint density at radius 1 is 1.09 bits per heavy atom. The summed E-state index contributed by atoms with van der Waals surface area (Å²) in [5, 5.41) is 0. The molecule has 1 heterocycles. The summed E-state index contributed by atoms with van der Waals surface area (Å²) in [6.45, 7) is 0. The van der Waals surface area contributed by atoms with Gasteiger partial charge in [0.05, 0.1) is 21.4 Å². The van der Waals surface area contributed by atoms with E-state index >= 15 is 0 Å². The van der Waals surface area contributed by atoms with Gasteiger partial charge in [0.2, 0.25) is 0 Å². The minimum Gasteiger partial charge on any atom is -0.748 e. The van der Waals surface area contributed by atoms with E-state index in [4.69, 9.17) is 0 Å². The summed E-state index contributed by atoms with van der Waals surface area (Å²) in [4.78, 5) is 14.9. The standard InChI is InChI=1S/C10H7F6NO5S/c11-9(12,13)8(10(14,15)16,5-23(19,20)21)22-7(18)6-1-3-17-4-2-6/h1-4H,5H2,(H,19,20,21)/p-1. The second-order valence-electron chi connectivity index (χ2n) is 4.15. The number of carbonyl (C=O) groups excluding carboxylic acids is 1. The van der Waals surface area contributed by atoms with Crippen molar-refractivity contribution in [1.82, 2.24) is 4.98 Å². The highest BCUT2D eigenvalue weighted by Crippen LogP contribution is 2.47. The Bertz CT molecular complexity index is 655. The van der Waals surface area contributed by atoms with Crippen LogP contribution in [0.3, 0.4) is 0 Å². The maximum Gasteiger partial charge on any atom is 0.438 e. The molecule has 0 radical (unpaired) electrons. The number of rotatable bonds is 4. The molecule has 0 spiro atoms. The van der Waals surface area contributed by atoms with Gasteiger partial charge in [0.15, 0.2) is 0 Å². The maximum atomic E-state index is 12.9. The van der Waals surface area contributed by atoms with Crippen LogP contribution >= 0.6 is 0 Å². The highest BCUT2D eigenvalue weighted by molar-refractivity contribution is 7.85. The zero-order valence-electron chi connectivity index (χ0n) is 10.7. The van der Waals surface area contributed by atoms with Gasteiger partial charge in [-0.2, -0.15) is 26.3 Å². The number of alkyl halides is 6. The van der Waals surface area contributed by atoms with Crippen LogP contribution in [0.4, 0.5) is 26.3 Å². The molecule has 0 bridgehead atoms. The first-order chi connectivity index (χ1) is 10.2. The predicted molar refractivity (Wildman–Crippen MR) is 59.1 cm³/mol. The largest absolute Gasteiger partial charge is 0.748 e. The summed E-state index contributed by atoms with van der Waals surface area (Å²) in [5.41, 5.74) is -6.23. The number of hydrogen-bond donors (Lipinski definition) is 0. The molecule has 1 aromatic rings. The fourth-order valence-corrected chi connectivity index (χ4v) is 2.31. The van der Waals surface area contributed by atoms with Gasteiger partial charge >= 0.3 is 23.9 Å². The lowest BCUT2D eigenvalue weighted by molar-refractivity contribution is -0.356. The summed E-state index contributed by atoms with van der Waals surface area (Å²) in [5.74, 6) is -5.16. The van der Waals surface area contributed by atoms with Gasteiger partial charge < -0.3 is 9.29 Å². The monoisotopic (exact) mass is 366 g/mol. The topological polar surface area (TPSA) is 96.4 Å². The van der Waals surface area contributed by atoms with E-state index in [1.54, 1.807) is 0 Å². The van der Waals surface area contributed by atoms with Crippen molar-refractivity contribution >= 4 is 16.1 Å². The van der Waals surface area contributed by atoms with Crippen LogP contribution in [-0.4, -0.2) is 47.6 Å². The number of ether oxygens (including phenoxy) is 1. The lowest BCUT2D eigenvalue weighted by Gasteiger charge is -2.36. The summed E-state index contributed by atoms with van der Waals surface area (Å²) in [6, 6.07) is 1.48. The van der Waals surface area contributed by atoms with Crippen molar-refractivity contribution in [2.24, 2.45) is 0 Å². The maximum absolute atomic E-state index is 12.9. The molecular formula is C10H6F6NO5S-. The summed E-state index contributed by atoms with van der Waals surface area (Å²) in [7, 11) is -6.06. The van der Waals surface area contributed by atoms with Crippen molar-refractivity contribution in [3.05, 3.63) is 30.1 Å². The van der Waals surface area contributed by atoms with Gasteiger partial charge in [0.1, 0.15) is 0 Å². The third kappa shape index (κ3) is 4.31. The summed E-state index contributed by atoms with van der Waals surface area (Å²) >= 11 is 0. The van der Waals surface area contributed by atoms with Crippen LogP contribution in [0.5, 0.6) is 0 Å². The molecule has 13 heteroatoms. The molecule has 0 saturated heterocycles. The van der Waals surface area contributed by atoms with Gasteiger partial charge in [-0.1, -0.05) is 0 Å². The number of aromatic nitrogens is 1. The van der Waals surface area contributed by atoms with Gasteiger partial charge in [-0.25, -0.2) is 13.2 Å². The van der Waals surface area contributed by atoms with Gasteiger partial charge in [-0.3, -0.25) is 4.98 Å². The quantitative estimate of drug-likeness (QED) is 0.457. The number of carbonyl (C=O) groups is 1. The average Bonchev–Trinajstić information content (AvgIpc) is 2.34. The van der Waals surface area contributed by atoms with E-state index in [1.165, 1.54) is 0 Å². The van der Waals surface area contributed by atoms with Crippen molar-refractivity contribution in [2.45, 2.75) is 18.0 Å². The van der Waals surface area contributed by atoms with Crippen LogP contribution in [0.15, 0.2) is 24.5 Å². The molecule has 0 fully saturated rings. The Labute approximate surface area is 124 Å². The summed E-state index contributed by atoms with van der Waals surface area (Å²) < 4.78 is 112. The molecular weight excluding hydrogens is 360 g/mol. The fraction of sp³-hybridized carbons (Fsp3) is 0.400. The van der Waals surface area contributed by atoms with Crippen LogP contribution < -0.4 is 0 Å². The zero-order chi connectivity index (χ0) is 18.1. The normalized spacial score (nSPS) is 13.7. The second kappa shape index (κ2) is 5.96. The van der Waals surface area contributed by atoms with Crippen molar-refractivity contribution < 1.29 is 48.8 Å². The van der Waals surface area contributed by atoms with E-state index in [0.29, 0.717) is 0 Å². The Hall–Kier alpha value is -1.89. The summed E-state index contributed by atoms with van der Waals surface area (Å²) in [6.07, 6.45) is -11.0. The molecule has 1 rings (SSSR count). The molecule has 6 nitrogen and oxygen atoms in total. The van der Waals surface area contributed by atoms with Crippen molar-refractivity contribution in [2.75, 3.05) is 5.75 Å².